The molecule has 0 N–H and O–H groups in total. The summed E-state index contributed by atoms with van der Waals surface area (Å²) in [5.74, 6) is 0.733. The highest BCUT2D eigenvalue weighted by molar-refractivity contribution is 14.1. The maximum Gasteiger partial charge on any atom is 0.270 e. The molecule has 1 saturated heterocycles. The van der Waals surface area contributed by atoms with Gasteiger partial charge in [0.15, 0.2) is 4.32 Å². The van der Waals surface area contributed by atoms with Crippen LogP contribution in [-0.4, -0.2) is 17.3 Å². The molecule has 2 aromatic carbocycles. The fourth-order valence-corrected chi connectivity index (χ4v) is 4.25. The van der Waals surface area contributed by atoms with E-state index in [1.54, 1.807) is 12.0 Å². The minimum absolute atomic E-state index is 0.0861. The zero-order valence-electron chi connectivity index (χ0n) is 12.2. The predicted octanol–water partition coefficient (Wildman–Crippen LogP) is 4.71. The van der Waals surface area contributed by atoms with Crippen molar-refractivity contribution in [2.75, 3.05) is 12.0 Å². The molecule has 23 heavy (non-hydrogen) atoms. The zero-order chi connectivity index (χ0) is 16.4. The van der Waals surface area contributed by atoms with Crippen molar-refractivity contribution in [3.63, 3.8) is 0 Å². The van der Waals surface area contributed by atoms with E-state index in [0.29, 0.717) is 9.23 Å². The van der Waals surface area contributed by atoms with Crippen molar-refractivity contribution >= 4 is 68.6 Å². The molecule has 0 aromatic heterocycles. The second-order valence-corrected chi connectivity index (χ2v) is 7.58. The monoisotopic (exact) mass is 453 g/mol. The van der Waals surface area contributed by atoms with Crippen LogP contribution < -0.4 is 9.64 Å². The van der Waals surface area contributed by atoms with E-state index in [0.717, 1.165) is 20.6 Å². The average Bonchev–Trinajstić information content (AvgIpc) is 2.82. The number of ether oxygens (including phenoxy) is 1. The predicted molar refractivity (Wildman–Crippen MR) is 108 cm³/mol. The summed E-state index contributed by atoms with van der Waals surface area (Å²) in [4.78, 5) is 14.8. The standard InChI is InChI=1S/C17H12INO2S2/c1-21-14-8-7-11(9-13(14)18)10-15-16(20)19(17(22)23-15)12-5-3-2-4-6-12/h2-10H,1H3/b15-10+. The number of hydrogen-bond donors (Lipinski definition) is 0. The summed E-state index contributed by atoms with van der Waals surface area (Å²) in [7, 11) is 1.64. The molecular formula is C17H12INO2S2. The Morgan fingerprint density at radius 3 is 2.61 bits per heavy atom. The Bertz CT molecular complexity index is 805. The molecule has 0 spiro atoms. The summed E-state index contributed by atoms with van der Waals surface area (Å²) < 4.78 is 6.80. The maximum absolute atomic E-state index is 12.7. The van der Waals surface area contributed by atoms with Crippen molar-refractivity contribution < 1.29 is 9.53 Å². The first-order valence-corrected chi connectivity index (χ1v) is 9.07. The summed E-state index contributed by atoms with van der Waals surface area (Å²) in [5.41, 5.74) is 1.74. The fourth-order valence-electron chi connectivity index (χ4n) is 2.19. The minimum Gasteiger partial charge on any atom is -0.496 e. The van der Waals surface area contributed by atoms with Gasteiger partial charge in [0.05, 0.1) is 21.3 Å². The normalized spacial score (nSPS) is 16.3. The van der Waals surface area contributed by atoms with Crippen LogP contribution in [0.4, 0.5) is 5.69 Å². The summed E-state index contributed by atoms with van der Waals surface area (Å²) in [6.45, 7) is 0. The first-order chi connectivity index (χ1) is 11.1. The van der Waals surface area contributed by atoms with Crippen molar-refractivity contribution in [1.82, 2.24) is 0 Å². The second-order valence-electron chi connectivity index (χ2n) is 4.75. The van der Waals surface area contributed by atoms with Gasteiger partial charge in [-0.15, -0.1) is 0 Å². The molecule has 1 aliphatic heterocycles. The third kappa shape index (κ3) is 3.44. The van der Waals surface area contributed by atoms with Gasteiger partial charge in [0.2, 0.25) is 0 Å². The number of anilines is 1. The van der Waals surface area contributed by atoms with E-state index in [2.05, 4.69) is 22.6 Å². The molecule has 6 heteroatoms. The summed E-state index contributed by atoms with van der Waals surface area (Å²) >= 11 is 8.90. The smallest absolute Gasteiger partial charge is 0.270 e. The SMILES string of the molecule is COc1ccc(/C=C2/SC(=S)N(c3ccccc3)C2=O)cc1I. The van der Waals surface area contributed by atoms with Gasteiger partial charge in [0.1, 0.15) is 5.75 Å². The fraction of sp³-hybridized carbons (Fsp3) is 0.0588. The van der Waals surface area contributed by atoms with Crippen LogP contribution in [0.1, 0.15) is 5.56 Å². The number of halogens is 1. The highest BCUT2D eigenvalue weighted by Gasteiger charge is 2.33. The lowest BCUT2D eigenvalue weighted by atomic mass is 10.2. The van der Waals surface area contributed by atoms with Crippen LogP contribution in [0, 0.1) is 3.57 Å². The molecule has 0 unspecified atom stereocenters. The molecule has 0 saturated carbocycles. The van der Waals surface area contributed by atoms with Crippen molar-refractivity contribution in [2.45, 2.75) is 0 Å². The minimum atomic E-state index is -0.0861. The molecular weight excluding hydrogens is 441 g/mol. The Morgan fingerprint density at radius 1 is 1.22 bits per heavy atom. The van der Waals surface area contributed by atoms with Crippen LogP contribution in [0.15, 0.2) is 53.4 Å². The van der Waals surface area contributed by atoms with E-state index in [-0.39, 0.29) is 5.91 Å². The highest BCUT2D eigenvalue weighted by atomic mass is 127. The third-order valence-corrected chi connectivity index (χ3v) is 5.43. The van der Waals surface area contributed by atoms with Crippen LogP contribution in [0.25, 0.3) is 6.08 Å². The van der Waals surface area contributed by atoms with E-state index in [9.17, 15) is 4.79 Å². The second kappa shape index (κ2) is 7.02. The molecule has 1 amide bonds. The largest absolute Gasteiger partial charge is 0.496 e. The van der Waals surface area contributed by atoms with E-state index in [4.69, 9.17) is 17.0 Å². The lowest BCUT2D eigenvalue weighted by Crippen LogP contribution is -2.27. The van der Waals surface area contributed by atoms with Gasteiger partial charge in [0, 0.05) is 0 Å². The molecule has 1 heterocycles. The van der Waals surface area contributed by atoms with E-state index in [1.807, 2.05) is 54.6 Å². The van der Waals surface area contributed by atoms with Crippen LogP contribution in [0.5, 0.6) is 5.75 Å². The number of carbonyl (C=O) groups is 1. The molecule has 3 rings (SSSR count). The van der Waals surface area contributed by atoms with Crippen molar-refractivity contribution in [1.29, 1.82) is 0 Å². The first-order valence-electron chi connectivity index (χ1n) is 6.76. The van der Waals surface area contributed by atoms with Gasteiger partial charge in [-0.3, -0.25) is 9.69 Å². The van der Waals surface area contributed by atoms with Gasteiger partial charge in [-0.2, -0.15) is 0 Å². The number of nitrogens with zero attached hydrogens (tertiary/aromatic N) is 1. The molecule has 3 nitrogen and oxygen atoms in total. The summed E-state index contributed by atoms with van der Waals surface area (Å²) in [5, 5.41) is 0. The number of hydrogen-bond acceptors (Lipinski definition) is 4. The lowest BCUT2D eigenvalue weighted by Gasteiger charge is -2.13. The number of amides is 1. The number of thiocarbonyl (C=S) groups is 1. The van der Waals surface area contributed by atoms with Crippen LogP contribution >= 0.6 is 46.6 Å². The van der Waals surface area contributed by atoms with Gasteiger partial charge in [-0.1, -0.05) is 48.2 Å². The topological polar surface area (TPSA) is 29.5 Å². The van der Waals surface area contributed by atoms with Gasteiger partial charge >= 0.3 is 0 Å². The van der Waals surface area contributed by atoms with Crippen molar-refractivity contribution in [3.8, 4) is 5.75 Å². The van der Waals surface area contributed by atoms with Crippen LogP contribution in [0.3, 0.4) is 0 Å². The lowest BCUT2D eigenvalue weighted by molar-refractivity contribution is -0.113. The highest BCUT2D eigenvalue weighted by Crippen LogP contribution is 2.36. The number of benzene rings is 2. The van der Waals surface area contributed by atoms with E-state index >= 15 is 0 Å². The molecule has 116 valence electrons. The Labute approximate surface area is 157 Å². The molecule has 0 bridgehead atoms. The van der Waals surface area contributed by atoms with Gasteiger partial charge < -0.3 is 4.74 Å². The summed E-state index contributed by atoms with van der Waals surface area (Å²) in [6, 6.07) is 15.3. The first kappa shape index (κ1) is 16.5. The van der Waals surface area contributed by atoms with Crippen LogP contribution in [0.2, 0.25) is 0 Å². The Hall–Kier alpha value is -1.38. The number of rotatable bonds is 3. The summed E-state index contributed by atoms with van der Waals surface area (Å²) in [6.07, 6.45) is 1.86. The van der Waals surface area contributed by atoms with E-state index in [1.165, 1.54) is 11.8 Å². The maximum atomic E-state index is 12.7. The van der Waals surface area contributed by atoms with Gasteiger partial charge in [0.25, 0.3) is 5.91 Å². The average molecular weight is 453 g/mol. The van der Waals surface area contributed by atoms with Crippen LogP contribution in [-0.2, 0) is 4.79 Å². The quantitative estimate of drug-likeness (QED) is 0.383. The Kier molecular flexibility index (Phi) is 5.03. The van der Waals surface area contributed by atoms with Crippen molar-refractivity contribution in [3.05, 3.63) is 62.6 Å². The Morgan fingerprint density at radius 2 is 1.96 bits per heavy atom. The third-order valence-electron chi connectivity index (χ3n) is 3.28. The van der Waals surface area contributed by atoms with Crippen molar-refractivity contribution in [2.24, 2.45) is 0 Å². The molecule has 0 aliphatic carbocycles. The number of para-hydroxylation sites is 1. The molecule has 0 radical (unpaired) electrons. The molecule has 2 aromatic rings. The molecule has 1 aliphatic rings. The van der Waals surface area contributed by atoms with Gasteiger partial charge in [-0.25, -0.2) is 0 Å². The number of thioether (sulfide) groups is 1. The molecule has 1 fully saturated rings. The van der Waals surface area contributed by atoms with E-state index < -0.39 is 0 Å². The number of methoxy groups -OCH3 is 1. The Balaban J connectivity index is 1.91. The number of carbonyl (C=O) groups excluding carboxylic acids is 1. The molecule has 0 atom stereocenters. The zero-order valence-corrected chi connectivity index (χ0v) is 15.9. The van der Waals surface area contributed by atoms with Gasteiger partial charge in [-0.05, 0) is 58.5 Å².